The molecular weight excluding hydrogens is 342 g/mol. The molecule has 2 rings (SSSR count). The summed E-state index contributed by atoms with van der Waals surface area (Å²) < 4.78 is 4.96. The van der Waals surface area contributed by atoms with Gasteiger partial charge in [-0.25, -0.2) is 4.79 Å². The molecule has 1 aliphatic rings. The molecule has 1 aromatic carbocycles. The van der Waals surface area contributed by atoms with Gasteiger partial charge in [0.1, 0.15) is 11.8 Å². The predicted molar refractivity (Wildman–Crippen MR) is 94.9 cm³/mol. The third kappa shape index (κ3) is 5.06. The molecule has 10 nitrogen and oxygen atoms in total. The average molecular weight is 365 g/mol. The number of nitro benzene ring substituents is 1. The van der Waals surface area contributed by atoms with E-state index < -0.39 is 17.1 Å². The van der Waals surface area contributed by atoms with E-state index in [4.69, 9.17) is 16.2 Å². The predicted octanol–water partition coefficient (Wildman–Crippen LogP) is 1.06. The Bertz CT molecular complexity index is 681. The number of rotatable bonds is 7. The SMILES string of the molecule is NCCCNc1ccc(C(=O)N2CCCC(OC(N)=O)C2)cc1[N+](=O)[O-]. The normalized spacial score (nSPS) is 16.8. The number of nitrogens with zero attached hydrogens (tertiary/aromatic N) is 2. The average Bonchev–Trinajstić information content (AvgIpc) is 2.61. The van der Waals surface area contributed by atoms with Crippen LogP contribution in [-0.4, -0.2) is 54.1 Å². The Morgan fingerprint density at radius 3 is 2.85 bits per heavy atom. The first kappa shape index (κ1) is 19.4. The lowest BCUT2D eigenvalue weighted by Gasteiger charge is -2.32. The van der Waals surface area contributed by atoms with Crippen molar-refractivity contribution < 1.29 is 19.2 Å². The van der Waals surface area contributed by atoms with E-state index >= 15 is 0 Å². The highest BCUT2D eigenvalue weighted by Gasteiger charge is 2.27. The molecule has 0 aromatic heterocycles. The van der Waals surface area contributed by atoms with Gasteiger partial charge in [-0.3, -0.25) is 14.9 Å². The fourth-order valence-electron chi connectivity index (χ4n) is 2.86. The van der Waals surface area contributed by atoms with Crippen LogP contribution in [0, 0.1) is 10.1 Å². The second-order valence-electron chi connectivity index (χ2n) is 6.01. The molecule has 5 N–H and O–H groups in total. The first-order valence-corrected chi connectivity index (χ1v) is 8.40. The van der Waals surface area contributed by atoms with Gasteiger partial charge in [-0.15, -0.1) is 0 Å². The van der Waals surface area contributed by atoms with Gasteiger partial charge >= 0.3 is 6.09 Å². The molecule has 2 amide bonds. The third-order valence-electron chi connectivity index (χ3n) is 4.09. The summed E-state index contributed by atoms with van der Waals surface area (Å²) >= 11 is 0. The maximum atomic E-state index is 12.7. The summed E-state index contributed by atoms with van der Waals surface area (Å²) in [5.41, 5.74) is 10.8. The van der Waals surface area contributed by atoms with Crippen LogP contribution in [-0.2, 0) is 4.74 Å². The Labute approximate surface area is 150 Å². The molecule has 1 aliphatic heterocycles. The highest BCUT2D eigenvalue weighted by Crippen LogP contribution is 2.27. The molecule has 0 bridgehead atoms. The van der Waals surface area contributed by atoms with Crippen LogP contribution in [0.25, 0.3) is 0 Å². The van der Waals surface area contributed by atoms with Crippen molar-refractivity contribution in [3.8, 4) is 0 Å². The van der Waals surface area contributed by atoms with Crippen molar-refractivity contribution in [1.82, 2.24) is 4.90 Å². The quantitative estimate of drug-likeness (QED) is 0.371. The number of nitrogens with one attached hydrogen (secondary N) is 1. The van der Waals surface area contributed by atoms with E-state index in [-0.39, 0.29) is 23.7 Å². The lowest BCUT2D eigenvalue weighted by Crippen LogP contribution is -2.44. The van der Waals surface area contributed by atoms with E-state index in [9.17, 15) is 19.7 Å². The fraction of sp³-hybridized carbons (Fsp3) is 0.500. The Kier molecular flexibility index (Phi) is 6.73. The number of piperidine rings is 1. The molecule has 1 fully saturated rings. The molecule has 1 saturated heterocycles. The molecule has 10 heteroatoms. The molecule has 1 heterocycles. The van der Waals surface area contributed by atoms with Gasteiger partial charge in [0.05, 0.1) is 11.5 Å². The lowest BCUT2D eigenvalue weighted by molar-refractivity contribution is -0.384. The molecule has 0 spiro atoms. The Morgan fingerprint density at radius 1 is 1.42 bits per heavy atom. The zero-order valence-corrected chi connectivity index (χ0v) is 14.3. The summed E-state index contributed by atoms with van der Waals surface area (Å²) in [5.74, 6) is -0.348. The summed E-state index contributed by atoms with van der Waals surface area (Å²) in [6.07, 6.45) is 0.610. The largest absolute Gasteiger partial charge is 0.445 e. The lowest BCUT2D eigenvalue weighted by atomic mass is 10.1. The van der Waals surface area contributed by atoms with E-state index in [0.29, 0.717) is 44.6 Å². The number of primary amides is 1. The number of nitro groups is 1. The van der Waals surface area contributed by atoms with Crippen molar-refractivity contribution in [2.24, 2.45) is 11.5 Å². The van der Waals surface area contributed by atoms with Crippen LogP contribution >= 0.6 is 0 Å². The number of carbonyl (C=O) groups is 2. The topological polar surface area (TPSA) is 154 Å². The van der Waals surface area contributed by atoms with Gasteiger partial charge in [-0.2, -0.15) is 0 Å². The second kappa shape index (κ2) is 8.99. The standard InChI is InChI=1S/C16H23N5O5/c17-6-2-7-19-13-5-4-11(9-14(13)21(24)25)15(22)20-8-1-3-12(10-20)26-16(18)23/h4-5,9,12,19H,1-3,6-8,10,17H2,(H2,18,23). The number of amides is 2. The van der Waals surface area contributed by atoms with Gasteiger partial charge in [-0.05, 0) is 37.9 Å². The maximum absolute atomic E-state index is 12.7. The van der Waals surface area contributed by atoms with Gasteiger partial charge in [0.2, 0.25) is 0 Å². The van der Waals surface area contributed by atoms with Gasteiger partial charge < -0.3 is 26.4 Å². The summed E-state index contributed by atoms with van der Waals surface area (Å²) in [6.45, 7) is 1.68. The van der Waals surface area contributed by atoms with Gasteiger partial charge in [0, 0.05) is 24.7 Å². The summed E-state index contributed by atoms with van der Waals surface area (Å²) in [4.78, 5) is 35.9. The molecule has 1 atom stereocenters. The summed E-state index contributed by atoms with van der Waals surface area (Å²) in [5, 5.41) is 14.3. The molecular formula is C16H23N5O5. The van der Waals surface area contributed by atoms with Crippen LogP contribution < -0.4 is 16.8 Å². The minimum absolute atomic E-state index is 0.171. The number of nitrogens with two attached hydrogens (primary N) is 2. The van der Waals surface area contributed by atoms with Crippen LogP contribution in [0.5, 0.6) is 0 Å². The highest BCUT2D eigenvalue weighted by atomic mass is 16.6. The molecule has 0 aliphatic carbocycles. The Balaban J connectivity index is 2.14. The first-order valence-electron chi connectivity index (χ1n) is 8.40. The summed E-state index contributed by atoms with van der Waals surface area (Å²) in [6, 6.07) is 4.31. The van der Waals surface area contributed by atoms with Crippen molar-refractivity contribution in [3.05, 3.63) is 33.9 Å². The number of hydrogen-bond donors (Lipinski definition) is 3. The van der Waals surface area contributed by atoms with Crippen molar-refractivity contribution in [1.29, 1.82) is 0 Å². The van der Waals surface area contributed by atoms with E-state index in [1.807, 2.05) is 0 Å². The molecule has 0 saturated carbocycles. The first-order chi connectivity index (χ1) is 12.4. The highest BCUT2D eigenvalue weighted by molar-refractivity contribution is 5.95. The molecule has 0 radical (unpaired) electrons. The maximum Gasteiger partial charge on any atom is 0.404 e. The van der Waals surface area contributed by atoms with Crippen LogP contribution in [0.2, 0.25) is 0 Å². The molecule has 142 valence electrons. The Morgan fingerprint density at radius 2 is 2.19 bits per heavy atom. The van der Waals surface area contributed by atoms with Crippen molar-refractivity contribution in [3.63, 3.8) is 0 Å². The minimum atomic E-state index is -0.882. The number of benzene rings is 1. The van der Waals surface area contributed by atoms with E-state index in [0.717, 1.165) is 0 Å². The van der Waals surface area contributed by atoms with Gasteiger partial charge in [-0.1, -0.05) is 0 Å². The van der Waals surface area contributed by atoms with Crippen LogP contribution in [0.4, 0.5) is 16.2 Å². The van der Waals surface area contributed by atoms with Gasteiger partial charge in [0.15, 0.2) is 0 Å². The Hall–Kier alpha value is -2.88. The fourth-order valence-corrected chi connectivity index (χ4v) is 2.86. The zero-order valence-electron chi connectivity index (χ0n) is 14.3. The number of carbonyl (C=O) groups excluding carboxylic acids is 2. The van der Waals surface area contributed by atoms with Crippen molar-refractivity contribution in [2.45, 2.75) is 25.4 Å². The monoisotopic (exact) mass is 365 g/mol. The van der Waals surface area contributed by atoms with E-state index in [2.05, 4.69) is 5.32 Å². The number of anilines is 1. The van der Waals surface area contributed by atoms with Crippen LogP contribution in [0.15, 0.2) is 18.2 Å². The minimum Gasteiger partial charge on any atom is -0.445 e. The number of ether oxygens (including phenoxy) is 1. The smallest absolute Gasteiger partial charge is 0.404 e. The van der Waals surface area contributed by atoms with E-state index in [1.165, 1.54) is 17.0 Å². The second-order valence-corrected chi connectivity index (χ2v) is 6.01. The zero-order chi connectivity index (χ0) is 19.1. The number of hydrogen-bond acceptors (Lipinski definition) is 7. The van der Waals surface area contributed by atoms with E-state index in [1.54, 1.807) is 6.07 Å². The van der Waals surface area contributed by atoms with Crippen molar-refractivity contribution >= 4 is 23.4 Å². The van der Waals surface area contributed by atoms with Gasteiger partial charge in [0.25, 0.3) is 11.6 Å². The van der Waals surface area contributed by atoms with Crippen LogP contribution in [0.3, 0.4) is 0 Å². The molecule has 1 aromatic rings. The van der Waals surface area contributed by atoms with Crippen molar-refractivity contribution in [2.75, 3.05) is 31.5 Å². The molecule has 26 heavy (non-hydrogen) atoms. The number of likely N-dealkylation sites (tertiary alicyclic amines) is 1. The molecule has 1 unspecified atom stereocenters. The third-order valence-corrected chi connectivity index (χ3v) is 4.09. The van der Waals surface area contributed by atoms with Crippen LogP contribution in [0.1, 0.15) is 29.6 Å². The summed E-state index contributed by atoms with van der Waals surface area (Å²) in [7, 11) is 0.